The van der Waals surface area contributed by atoms with Crippen LogP contribution in [0.4, 0.5) is 0 Å². The molecule has 4 N–H and O–H groups in total. The molecule has 180 valence electrons. The van der Waals surface area contributed by atoms with Crippen molar-refractivity contribution in [2.75, 3.05) is 13.2 Å². The average molecular weight is 512 g/mol. The lowest BCUT2D eigenvalue weighted by Gasteiger charge is -2.18. The van der Waals surface area contributed by atoms with Crippen LogP contribution in [0.25, 0.3) is 21.9 Å². The molecular weight excluding hydrogens is 490 g/mol. The Hall–Kier alpha value is -3.50. The fourth-order valence-corrected chi connectivity index (χ4v) is 4.61. The molecule has 1 unspecified atom stereocenters. The van der Waals surface area contributed by atoms with Crippen molar-refractivity contribution in [1.82, 2.24) is 10.3 Å². The Morgan fingerprint density at radius 3 is 2.40 bits per heavy atom. The van der Waals surface area contributed by atoms with Crippen molar-refractivity contribution >= 4 is 38.4 Å². The molecule has 4 rings (SSSR count). The first kappa shape index (κ1) is 24.6. The number of carbonyl (C=O) groups is 1. The van der Waals surface area contributed by atoms with Gasteiger partial charge in [0.05, 0.1) is 5.69 Å². The molecular formula is C25H22ClN3O5S. The molecule has 0 fully saturated rings. The molecule has 10 heteroatoms. The Morgan fingerprint density at radius 1 is 1.03 bits per heavy atom. The minimum atomic E-state index is -4.57. The Balaban J connectivity index is 1.70. The second kappa shape index (κ2) is 10.4. The summed E-state index contributed by atoms with van der Waals surface area (Å²) in [5.41, 5.74) is 7.19. The summed E-state index contributed by atoms with van der Waals surface area (Å²) in [5.74, 6) is -0.0876. The van der Waals surface area contributed by atoms with Crippen LogP contribution in [-0.2, 0) is 14.9 Å². The number of ether oxygens (including phenoxy) is 1. The van der Waals surface area contributed by atoms with Crippen LogP contribution < -0.4 is 15.8 Å². The molecule has 0 aliphatic heterocycles. The number of nitrogens with zero attached hydrogens (tertiary/aromatic N) is 1. The smallest absolute Gasteiger partial charge is 0.295 e. The molecule has 0 saturated heterocycles. The van der Waals surface area contributed by atoms with Crippen LogP contribution in [0, 0.1) is 0 Å². The van der Waals surface area contributed by atoms with E-state index in [1.165, 1.54) is 18.3 Å². The van der Waals surface area contributed by atoms with E-state index in [1.54, 1.807) is 30.3 Å². The van der Waals surface area contributed by atoms with Gasteiger partial charge in [-0.2, -0.15) is 8.42 Å². The Labute approximate surface area is 207 Å². The number of pyridine rings is 1. The lowest BCUT2D eigenvalue weighted by Crippen LogP contribution is -2.36. The predicted molar refractivity (Wildman–Crippen MR) is 134 cm³/mol. The van der Waals surface area contributed by atoms with Gasteiger partial charge in [0.1, 0.15) is 23.3 Å². The minimum absolute atomic E-state index is 0.224. The number of hydrogen-bond donors (Lipinski definition) is 3. The van der Waals surface area contributed by atoms with Crippen LogP contribution in [0.2, 0.25) is 5.02 Å². The molecule has 0 bridgehead atoms. The Kier molecular flexibility index (Phi) is 7.32. The van der Waals surface area contributed by atoms with E-state index in [0.717, 1.165) is 5.56 Å². The summed E-state index contributed by atoms with van der Waals surface area (Å²) < 4.78 is 40.0. The molecule has 0 aliphatic rings. The highest BCUT2D eigenvalue weighted by Gasteiger charge is 2.24. The van der Waals surface area contributed by atoms with Crippen molar-refractivity contribution < 1.29 is 22.5 Å². The van der Waals surface area contributed by atoms with Gasteiger partial charge in [-0.1, -0.05) is 41.9 Å². The van der Waals surface area contributed by atoms with E-state index in [9.17, 15) is 17.8 Å². The molecule has 1 heterocycles. The van der Waals surface area contributed by atoms with Gasteiger partial charge in [-0.3, -0.25) is 19.6 Å². The summed E-state index contributed by atoms with van der Waals surface area (Å²) in [6, 6.07) is 19.5. The normalized spacial score (nSPS) is 12.4. The maximum atomic E-state index is 12.4. The molecule has 8 nitrogen and oxygen atoms in total. The lowest BCUT2D eigenvalue weighted by molar-refractivity contribution is -0.120. The molecule has 3 aromatic carbocycles. The first-order chi connectivity index (χ1) is 16.7. The highest BCUT2D eigenvalue weighted by Crippen LogP contribution is 2.33. The van der Waals surface area contributed by atoms with Gasteiger partial charge in [0.25, 0.3) is 10.1 Å². The van der Waals surface area contributed by atoms with Gasteiger partial charge in [-0.05, 0) is 53.6 Å². The van der Waals surface area contributed by atoms with Gasteiger partial charge < -0.3 is 10.5 Å². The van der Waals surface area contributed by atoms with Gasteiger partial charge >= 0.3 is 0 Å². The molecule has 4 aromatic rings. The SMILES string of the molecule is NC(=O)C(NCCOc1ccc(Cl)cc1)c1nccc2c(S(=O)(=O)O)cc(-c3ccccc3)cc12. The Morgan fingerprint density at radius 2 is 1.74 bits per heavy atom. The minimum Gasteiger partial charge on any atom is -0.492 e. The highest BCUT2D eigenvalue weighted by molar-refractivity contribution is 7.86. The van der Waals surface area contributed by atoms with Crippen LogP contribution in [0.5, 0.6) is 5.75 Å². The number of amides is 1. The second-order valence-corrected chi connectivity index (χ2v) is 9.53. The third-order valence-electron chi connectivity index (χ3n) is 5.35. The summed E-state index contributed by atoms with van der Waals surface area (Å²) in [5, 5.41) is 4.21. The molecule has 35 heavy (non-hydrogen) atoms. The largest absolute Gasteiger partial charge is 0.492 e. The van der Waals surface area contributed by atoms with Crippen molar-refractivity contribution in [2.45, 2.75) is 10.9 Å². The van der Waals surface area contributed by atoms with Crippen molar-refractivity contribution in [2.24, 2.45) is 5.73 Å². The van der Waals surface area contributed by atoms with Crippen LogP contribution >= 0.6 is 11.6 Å². The van der Waals surface area contributed by atoms with Gasteiger partial charge in [-0.15, -0.1) is 0 Å². The first-order valence-corrected chi connectivity index (χ1v) is 12.4. The summed E-state index contributed by atoms with van der Waals surface area (Å²) >= 11 is 5.87. The highest BCUT2D eigenvalue weighted by atomic mass is 35.5. The van der Waals surface area contributed by atoms with Gasteiger partial charge in [-0.25, -0.2) is 0 Å². The number of nitrogens with two attached hydrogens (primary N) is 1. The quantitative estimate of drug-likeness (QED) is 0.228. The van der Waals surface area contributed by atoms with E-state index >= 15 is 0 Å². The third kappa shape index (κ3) is 5.77. The molecule has 0 aliphatic carbocycles. The number of fused-ring (bicyclic) bond motifs is 1. The lowest BCUT2D eigenvalue weighted by atomic mass is 9.98. The molecule has 1 atom stereocenters. The number of rotatable bonds is 9. The summed E-state index contributed by atoms with van der Waals surface area (Å²) in [4.78, 5) is 16.4. The van der Waals surface area contributed by atoms with Crippen LogP contribution in [0.1, 0.15) is 11.7 Å². The number of primary amides is 1. The zero-order valence-corrected chi connectivity index (χ0v) is 20.0. The fourth-order valence-electron chi connectivity index (χ4n) is 3.75. The van der Waals surface area contributed by atoms with E-state index < -0.39 is 22.1 Å². The average Bonchev–Trinajstić information content (AvgIpc) is 2.84. The van der Waals surface area contributed by atoms with Crippen LogP contribution in [0.15, 0.2) is 83.9 Å². The van der Waals surface area contributed by atoms with Gasteiger partial charge in [0, 0.05) is 28.5 Å². The number of halogens is 1. The topological polar surface area (TPSA) is 132 Å². The maximum absolute atomic E-state index is 12.4. The van der Waals surface area contributed by atoms with Crippen molar-refractivity contribution in [3.63, 3.8) is 0 Å². The summed E-state index contributed by atoms with van der Waals surface area (Å²) in [6.07, 6.45) is 1.37. The van der Waals surface area contributed by atoms with Gasteiger partial charge in [0.15, 0.2) is 0 Å². The number of benzene rings is 3. The van der Waals surface area contributed by atoms with Crippen molar-refractivity contribution in [3.05, 3.63) is 89.7 Å². The fraction of sp³-hybridized carbons (Fsp3) is 0.120. The molecule has 1 amide bonds. The predicted octanol–water partition coefficient (Wildman–Crippen LogP) is 4.00. The van der Waals surface area contributed by atoms with Crippen LogP contribution in [-0.4, -0.2) is 37.0 Å². The molecule has 0 radical (unpaired) electrons. The number of hydrogen-bond acceptors (Lipinski definition) is 6. The van der Waals surface area contributed by atoms with E-state index in [0.29, 0.717) is 21.7 Å². The molecule has 0 spiro atoms. The van der Waals surface area contributed by atoms with Crippen LogP contribution in [0.3, 0.4) is 0 Å². The zero-order valence-electron chi connectivity index (χ0n) is 18.4. The zero-order chi connectivity index (χ0) is 25.0. The second-order valence-electron chi connectivity index (χ2n) is 7.70. The number of aromatic nitrogens is 1. The monoisotopic (exact) mass is 511 g/mol. The Bertz CT molecular complexity index is 1460. The van der Waals surface area contributed by atoms with Crippen molar-refractivity contribution in [1.29, 1.82) is 0 Å². The molecule has 1 aromatic heterocycles. The van der Waals surface area contributed by atoms with Crippen molar-refractivity contribution in [3.8, 4) is 16.9 Å². The maximum Gasteiger partial charge on any atom is 0.295 e. The third-order valence-corrected chi connectivity index (χ3v) is 6.49. The van der Waals surface area contributed by atoms with Gasteiger partial charge in [0.2, 0.25) is 5.91 Å². The van der Waals surface area contributed by atoms with E-state index in [1.807, 2.05) is 30.3 Å². The van der Waals surface area contributed by atoms with E-state index in [4.69, 9.17) is 22.1 Å². The number of nitrogens with one attached hydrogen (secondary N) is 1. The molecule has 0 saturated carbocycles. The van der Waals surface area contributed by atoms with E-state index in [2.05, 4.69) is 10.3 Å². The first-order valence-electron chi connectivity index (χ1n) is 10.6. The summed E-state index contributed by atoms with van der Waals surface area (Å²) in [7, 11) is -4.57. The van der Waals surface area contributed by atoms with E-state index in [-0.39, 0.29) is 29.1 Å². The number of carbonyl (C=O) groups excluding carboxylic acids is 1. The standard InChI is InChI=1S/C25H22ClN3O5S/c26-18-6-8-19(9-7-18)34-13-12-29-24(25(27)30)23-21-14-17(16-4-2-1-3-5-16)15-22(35(31,32)33)20(21)10-11-28-23/h1-11,14-15,24,29H,12-13H2,(H2,27,30)(H,31,32,33). The summed E-state index contributed by atoms with van der Waals surface area (Å²) in [6.45, 7) is 0.472.